The summed E-state index contributed by atoms with van der Waals surface area (Å²) < 4.78 is 0. The molecule has 0 aliphatic heterocycles. The number of nitrogens with zero attached hydrogens (tertiary/aromatic N) is 1. The molecule has 0 fully saturated rings. The van der Waals surface area contributed by atoms with E-state index in [2.05, 4.69) is 64.6 Å². The fourth-order valence-electron chi connectivity index (χ4n) is 3.31. The molecular weight excluding hydrogens is 266 g/mol. The average molecular weight is 300 g/mol. The molecule has 0 saturated heterocycles. The summed E-state index contributed by atoms with van der Waals surface area (Å²) in [7, 11) is 0. The summed E-state index contributed by atoms with van der Waals surface area (Å²) in [5, 5.41) is 0. The van der Waals surface area contributed by atoms with Crippen molar-refractivity contribution in [2.45, 2.75) is 72.6 Å². The highest BCUT2D eigenvalue weighted by molar-refractivity contribution is 5.90. The predicted octanol–water partition coefficient (Wildman–Crippen LogP) is 6.59. The summed E-state index contributed by atoms with van der Waals surface area (Å²) in [6, 6.07) is 10.5. The lowest BCUT2D eigenvalue weighted by Crippen LogP contribution is -2.28. The van der Waals surface area contributed by atoms with Crippen molar-refractivity contribution in [1.82, 2.24) is 0 Å². The fourth-order valence-corrected chi connectivity index (χ4v) is 3.31. The first-order valence-corrected chi connectivity index (χ1v) is 8.85. The minimum atomic E-state index is 0.235. The number of hydrogen-bond acceptors (Lipinski definition) is 1. The molecule has 1 nitrogen and oxygen atoms in total. The van der Waals surface area contributed by atoms with Crippen LogP contribution in [0.4, 0.5) is 0 Å². The third kappa shape index (κ3) is 5.79. The van der Waals surface area contributed by atoms with Crippen LogP contribution in [-0.2, 0) is 6.42 Å². The summed E-state index contributed by atoms with van der Waals surface area (Å²) in [6.45, 7) is 13.4. The van der Waals surface area contributed by atoms with Gasteiger partial charge in [0.1, 0.15) is 0 Å². The molecule has 0 radical (unpaired) electrons. The monoisotopic (exact) mass is 299 g/mol. The van der Waals surface area contributed by atoms with Crippen molar-refractivity contribution in [1.29, 1.82) is 0 Å². The van der Waals surface area contributed by atoms with Gasteiger partial charge in [-0.05, 0) is 24.8 Å². The maximum Gasteiger partial charge on any atom is 0.0375 e. The SMILES string of the molecule is C=C(Cc1ccccc1)N=C(CCC)C(C)(CCC)CCC. The van der Waals surface area contributed by atoms with Crippen LogP contribution >= 0.6 is 0 Å². The highest BCUT2D eigenvalue weighted by atomic mass is 14.8. The van der Waals surface area contributed by atoms with Crippen LogP contribution < -0.4 is 0 Å². The fraction of sp³-hybridized carbons (Fsp3) is 0.571. The Hall–Kier alpha value is -1.37. The van der Waals surface area contributed by atoms with E-state index in [1.165, 1.54) is 37.0 Å². The van der Waals surface area contributed by atoms with Gasteiger partial charge >= 0.3 is 0 Å². The van der Waals surface area contributed by atoms with Gasteiger partial charge in [-0.25, -0.2) is 0 Å². The minimum absolute atomic E-state index is 0.235. The Balaban J connectivity index is 2.93. The molecule has 1 aromatic carbocycles. The van der Waals surface area contributed by atoms with E-state index in [0.717, 1.165) is 25.0 Å². The van der Waals surface area contributed by atoms with E-state index in [9.17, 15) is 0 Å². The number of allylic oxidation sites excluding steroid dienone is 1. The van der Waals surface area contributed by atoms with Gasteiger partial charge in [0, 0.05) is 23.2 Å². The molecule has 1 heteroatoms. The summed E-state index contributed by atoms with van der Waals surface area (Å²) in [4.78, 5) is 4.99. The van der Waals surface area contributed by atoms with E-state index in [0.29, 0.717) is 0 Å². The predicted molar refractivity (Wildman–Crippen MR) is 99.6 cm³/mol. The summed E-state index contributed by atoms with van der Waals surface area (Å²) in [6.07, 6.45) is 7.96. The Morgan fingerprint density at radius 1 is 1.00 bits per heavy atom. The van der Waals surface area contributed by atoms with Gasteiger partial charge < -0.3 is 0 Å². The van der Waals surface area contributed by atoms with Crippen molar-refractivity contribution in [3.63, 3.8) is 0 Å². The maximum atomic E-state index is 4.99. The average Bonchev–Trinajstić information content (AvgIpc) is 2.48. The van der Waals surface area contributed by atoms with Crippen molar-refractivity contribution >= 4 is 5.71 Å². The van der Waals surface area contributed by atoms with Gasteiger partial charge in [0.2, 0.25) is 0 Å². The number of rotatable bonds is 10. The van der Waals surface area contributed by atoms with Crippen LogP contribution in [0.15, 0.2) is 47.6 Å². The van der Waals surface area contributed by atoms with Crippen molar-refractivity contribution in [2.75, 3.05) is 0 Å². The van der Waals surface area contributed by atoms with Crippen LogP contribution in [0.3, 0.4) is 0 Å². The molecule has 0 atom stereocenters. The maximum absolute atomic E-state index is 4.99. The van der Waals surface area contributed by atoms with E-state index < -0.39 is 0 Å². The zero-order valence-electron chi connectivity index (χ0n) is 15.0. The Kier molecular flexibility index (Phi) is 8.16. The van der Waals surface area contributed by atoms with Crippen LogP contribution in [0.5, 0.6) is 0 Å². The molecule has 0 N–H and O–H groups in total. The number of hydrogen-bond donors (Lipinski definition) is 0. The van der Waals surface area contributed by atoms with Crippen LogP contribution in [0.2, 0.25) is 0 Å². The zero-order valence-corrected chi connectivity index (χ0v) is 15.0. The topological polar surface area (TPSA) is 12.4 Å². The summed E-state index contributed by atoms with van der Waals surface area (Å²) in [5.74, 6) is 0. The largest absolute Gasteiger partial charge is 0.262 e. The molecule has 0 heterocycles. The second-order valence-electron chi connectivity index (χ2n) is 6.60. The lowest BCUT2D eigenvalue weighted by molar-refractivity contribution is 0.378. The molecule has 0 unspecified atom stereocenters. The number of benzene rings is 1. The van der Waals surface area contributed by atoms with Gasteiger partial charge in [0.25, 0.3) is 0 Å². The molecule has 0 bridgehead atoms. The Bertz CT molecular complexity index is 464. The van der Waals surface area contributed by atoms with E-state index in [1.54, 1.807) is 0 Å². The normalized spacial score (nSPS) is 12.5. The molecular formula is C21H33N. The molecule has 0 spiro atoms. The van der Waals surface area contributed by atoms with Gasteiger partial charge in [-0.3, -0.25) is 4.99 Å². The van der Waals surface area contributed by atoms with Crippen molar-refractivity contribution in [2.24, 2.45) is 10.4 Å². The smallest absolute Gasteiger partial charge is 0.0375 e. The van der Waals surface area contributed by atoms with Crippen molar-refractivity contribution in [3.8, 4) is 0 Å². The summed E-state index contributed by atoms with van der Waals surface area (Å²) in [5.41, 5.74) is 3.88. The molecule has 0 aliphatic rings. The zero-order chi connectivity index (χ0) is 16.4. The summed E-state index contributed by atoms with van der Waals surface area (Å²) >= 11 is 0. The second-order valence-corrected chi connectivity index (χ2v) is 6.60. The molecule has 22 heavy (non-hydrogen) atoms. The first kappa shape index (κ1) is 18.7. The Labute approximate surface area is 137 Å². The first-order chi connectivity index (χ1) is 10.6. The van der Waals surface area contributed by atoms with Crippen LogP contribution in [0.25, 0.3) is 0 Å². The van der Waals surface area contributed by atoms with Gasteiger partial charge in [0.05, 0.1) is 0 Å². The van der Waals surface area contributed by atoms with Crippen LogP contribution in [0.1, 0.15) is 71.8 Å². The molecule has 0 saturated carbocycles. The van der Waals surface area contributed by atoms with Crippen LogP contribution in [-0.4, -0.2) is 5.71 Å². The highest BCUT2D eigenvalue weighted by Crippen LogP contribution is 2.33. The molecule has 1 aromatic rings. The second kappa shape index (κ2) is 9.61. The van der Waals surface area contributed by atoms with E-state index in [4.69, 9.17) is 4.99 Å². The van der Waals surface area contributed by atoms with E-state index in [-0.39, 0.29) is 5.41 Å². The molecule has 122 valence electrons. The lowest BCUT2D eigenvalue weighted by Gasteiger charge is -2.31. The molecule has 0 aromatic heterocycles. The van der Waals surface area contributed by atoms with Crippen molar-refractivity contribution in [3.05, 3.63) is 48.2 Å². The third-order valence-electron chi connectivity index (χ3n) is 4.33. The third-order valence-corrected chi connectivity index (χ3v) is 4.33. The molecule has 0 amide bonds. The van der Waals surface area contributed by atoms with Gasteiger partial charge in [-0.2, -0.15) is 0 Å². The number of aliphatic imine (C=N–C) groups is 1. The molecule has 1 rings (SSSR count). The standard InChI is InChI=1S/C21H33N/c1-6-12-20(21(5,15-7-2)16-8-3)22-18(4)17-19-13-10-9-11-14-19/h9-11,13-14H,4,6-8,12,15-17H2,1-3,5H3. The first-order valence-electron chi connectivity index (χ1n) is 8.85. The van der Waals surface area contributed by atoms with Gasteiger partial charge in [0.15, 0.2) is 0 Å². The van der Waals surface area contributed by atoms with Crippen LogP contribution in [0, 0.1) is 5.41 Å². The minimum Gasteiger partial charge on any atom is -0.262 e. The highest BCUT2D eigenvalue weighted by Gasteiger charge is 2.28. The Morgan fingerprint density at radius 2 is 1.59 bits per heavy atom. The van der Waals surface area contributed by atoms with E-state index >= 15 is 0 Å². The Morgan fingerprint density at radius 3 is 2.09 bits per heavy atom. The van der Waals surface area contributed by atoms with Gasteiger partial charge in [-0.15, -0.1) is 0 Å². The van der Waals surface area contributed by atoms with Gasteiger partial charge in [-0.1, -0.05) is 83.9 Å². The molecule has 0 aliphatic carbocycles. The quantitative estimate of drug-likeness (QED) is 0.432. The lowest BCUT2D eigenvalue weighted by atomic mass is 9.75. The van der Waals surface area contributed by atoms with E-state index in [1.807, 2.05) is 0 Å². The van der Waals surface area contributed by atoms with Crippen molar-refractivity contribution < 1.29 is 0 Å².